The molecule has 0 aromatic carbocycles. The van der Waals surface area contributed by atoms with Crippen LogP contribution < -0.4 is 0 Å². The normalized spacial score (nSPS) is 13.9. The van der Waals surface area contributed by atoms with Gasteiger partial charge in [-0.05, 0) is 6.42 Å². The Labute approximate surface area is 59.7 Å². The van der Waals surface area contributed by atoms with E-state index in [1.54, 1.807) is 0 Å². The van der Waals surface area contributed by atoms with Crippen LogP contribution in [0.1, 0.15) is 26.2 Å². The summed E-state index contributed by atoms with van der Waals surface area (Å²) in [6, 6.07) is 0. The van der Waals surface area contributed by atoms with Gasteiger partial charge in [-0.15, -0.1) is 11.7 Å². The molecule has 0 aliphatic rings. The number of aliphatic hydroxyl groups excluding tert-OH is 1. The highest BCUT2D eigenvalue weighted by molar-refractivity contribution is 8.68. The van der Waals surface area contributed by atoms with E-state index in [4.69, 9.17) is 5.11 Å². The lowest BCUT2D eigenvalue weighted by Crippen LogP contribution is -1.96. The van der Waals surface area contributed by atoms with E-state index in [9.17, 15) is 0 Å². The van der Waals surface area contributed by atoms with Crippen LogP contribution in [-0.2, 0) is 0 Å². The first kappa shape index (κ1) is 8.66. The molecule has 0 fully saturated rings. The SMILES string of the molecule is CCCCC(O)SS. The summed E-state index contributed by atoms with van der Waals surface area (Å²) in [6.45, 7) is 2.11. The summed E-state index contributed by atoms with van der Waals surface area (Å²) in [5.41, 5.74) is -0.265. The van der Waals surface area contributed by atoms with Gasteiger partial charge in [-0.3, -0.25) is 0 Å². The van der Waals surface area contributed by atoms with Gasteiger partial charge >= 0.3 is 0 Å². The Bertz CT molecular complexity index is 49.7. The number of thiol groups is 1. The maximum absolute atomic E-state index is 8.88. The Morgan fingerprint density at radius 1 is 1.75 bits per heavy atom. The Morgan fingerprint density at radius 3 is 2.75 bits per heavy atom. The lowest BCUT2D eigenvalue weighted by atomic mass is 10.3. The van der Waals surface area contributed by atoms with Crippen molar-refractivity contribution in [3.05, 3.63) is 0 Å². The summed E-state index contributed by atoms with van der Waals surface area (Å²) in [6.07, 6.45) is 3.10. The van der Waals surface area contributed by atoms with Gasteiger partial charge in [0.15, 0.2) is 0 Å². The minimum absolute atomic E-state index is 0.265. The van der Waals surface area contributed by atoms with Crippen molar-refractivity contribution in [2.45, 2.75) is 31.6 Å². The molecular formula is C5H12OS2. The van der Waals surface area contributed by atoms with E-state index in [1.165, 1.54) is 10.8 Å². The monoisotopic (exact) mass is 152 g/mol. The van der Waals surface area contributed by atoms with Crippen molar-refractivity contribution >= 4 is 22.5 Å². The number of aliphatic hydroxyl groups is 1. The molecule has 0 bridgehead atoms. The van der Waals surface area contributed by atoms with Crippen molar-refractivity contribution in [2.24, 2.45) is 0 Å². The first-order chi connectivity index (χ1) is 3.81. The lowest BCUT2D eigenvalue weighted by Gasteiger charge is -2.02. The molecule has 0 heterocycles. The predicted octanol–water partition coefficient (Wildman–Crippen LogP) is 2.07. The number of rotatable bonds is 4. The molecule has 8 heavy (non-hydrogen) atoms. The average molecular weight is 152 g/mol. The molecule has 1 N–H and O–H groups in total. The van der Waals surface area contributed by atoms with Crippen molar-refractivity contribution in [1.29, 1.82) is 0 Å². The summed E-state index contributed by atoms with van der Waals surface area (Å²) in [7, 11) is 1.21. The minimum atomic E-state index is -0.265. The lowest BCUT2D eigenvalue weighted by molar-refractivity contribution is 0.250. The van der Waals surface area contributed by atoms with Crippen LogP contribution in [0.4, 0.5) is 0 Å². The third-order valence-corrected chi connectivity index (χ3v) is 2.14. The Balaban J connectivity index is 2.86. The van der Waals surface area contributed by atoms with E-state index in [2.05, 4.69) is 18.6 Å². The molecule has 0 amide bonds. The maximum Gasteiger partial charge on any atom is 0.109 e. The second-order valence-electron chi connectivity index (χ2n) is 1.70. The molecule has 3 heteroatoms. The van der Waals surface area contributed by atoms with Crippen LogP contribution >= 0.6 is 22.5 Å². The molecule has 0 aromatic heterocycles. The van der Waals surface area contributed by atoms with Crippen LogP contribution in [0.15, 0.2) is 0 Å². The summed E-state index contributed by atoms with van der Waals surface area (Å²) >= 11 is 3.86. The van der Waals surface area contributed by atoms with Gasteiger partial charge in [-0.1, -0.05) is 30.6 Å². The highest BCUT2D eigenvalue weighted by Crippen LogP contribution is 2.16. The van der Waals surface area contributed by atoms with Crippen LogP contribution in [-0.4, -0.2) is 10.5 Å². The molecule has 0 aliphatic carbocycles. The van der Waals surface area contributed by atoms with Crippen LogP contribution in [0.25, 0.3) is 0 Å². The first-order valence-electron chi connectivity index (χ1n) is 2.79. The topological polar surface area (TPSA) is 20.2 Å². The largest absolute Gasteiger partial charge is 0.382 e. The van der Waals surface area contributed by atoms with Crippen LogP contribution in [0.2, 0.25) is 0 Å². The third kappa shape index (κ3) is 4.81. The summed E-state index contributed by atoms with van der Waals surface area (Å²) in [4.78, 5) is 0. The number of hydrogen-bond donors (Lipinski definition) is 2. The van der Waals surface area contributed by atoms with Crippen molar-refractivity contribution in [1.82, 2.24) is 0 Å². The number of hydrogen-bond acceptors (Lipinski definition) is 3. The van der Waals surface area contributed by atoms with E-state index in [0.717, 1.165) is 19.3 Å². The van der Waals surface area contributed by atoms with Gasteiger partial charge in [0.05, 0.1) is 0 Å². The van der Waals surface area contributed by atoms with Gasteiger partial charge in [0, 0.05) is 0 Å². The fourth-order valence-electron chi connectivity index (χ4n) is 0.431. The van der Waals surface area contributed by atoms with Gasteiger partial charge in [0.2, 0.25) is 0 Å². The first-order valence-corrected chi connectivity index (χ1v) is 4.72. The van der Waals surface area contributed by atoms with E-state index in [-0.39, 0.29) is 5.44 Å². The molecule has 0 spiro atoms. The Hall–Kier alpha value is 0.660. The molecule has 50 valence electrons. The Kier molecular flexibility index (Phi) is 6.27. The molecule has 1 nitrogen and oxygen atoms in total. The van der Waals surface area contributed by atoms with E-state index in [0.29, 0.717) is 0 Å². The molecule has 0 saturated carbocycles. The Morgan fingerprint density at radius 2 is 2.38 bits per heavy atom. The van der Waals surface area contributed by atoms with Gasteiger partial charge < -0.3 is 5.11 Å². The molecule has 0 rings (SSSR count). The molecule has 0 radical (unpaired) electrons. The summed E-state index contributed by atoms with van der Waals surface area (Å²) in [5.74, 6) is 0. The van der Waals surface area contributed by atoms with Gasteiger partial charge in [-0.2, -0.15) is 0 Å². The van der Waals surface area contributed by atoms with Crippen molar-refractivity contribution in [3.8, 4) is 0 Å². The fraction of sp³-hybridized carbons (Fsp3) is 1.00. The third-order valence-electron chi connectivity index (χ3n) is 0.926. The maximum atomic E-state index is 8.88. The number of unbranched alkanes of at least 4 members (excludes halogenated alkanes) is 1. The van der Waals surface area contributed by atoms with Gasteiger partial charge in [0.1, 0.15) is 5.44 Å². The van der Waals surface area contributed by atoms with E-state index in [1.807, 2.05) is 0 Å². The van der Waals surface area contributed by atoms with Crippen molar-refractivity contribution < 1.29 is 5.11 Å². The predicted molar refractivity (Wildman–Crippen MR) is 42.1 cm³/mol. The second-order valence-corrected chi connectivity index (χ2v) is 3.09. The molecule has 1 atom stereocenters. The van der Waals surface area contributed by atoms with Crippen LogP contribution in [0.3, 0.4) is 0 Å². The molecule has 1 unspecified atom stereocenters. The zero-order valence-corrected chi connectivity index (χ0v) is 6.71. The summed E-state index contributed by atoms with van der Waals surface area (Å²) in [5, 5.41) is 8.88. The average Bonchev–Trinajstić information content (AvgIpc) is 1.83. The van der Waals surface area contributed by atoms with E-state index < -0.39 is 0 Å². The molecule has 0 aromatic rings. The second kappa shape index (κ2) is 5.79. The molecular weight excluding hydrogens is 140 g/mol. The zero-order valence-electron chi connectivity index (χ0n) is 5.00. The van der Waals surface area contributed by atoms with Crippen LogP contribution in [0, 0.1) is 0 Å². The highest BCUT2D eigenvalue weighted by atomic mass is 33.1. The van der Waals surface area contributed by atoms with Crippen molar-refractivity contribution in [2.75, 3.05) is 0 Å². The van der Waals surface area contributed by atoms with Crippen LogP contribution in [0.5, 0.6) is 0 Å². The smallest absolute Gasteiger partial charge is 0.109 e. The standard InChI is InChI=1S/C5H12OS2/c1-2-3-4-5(6)8-7/h5-7H,2-4H2,1H3. The highest BCUT2D eigenvalue weighted by Gasteiger charge is 1.97. The minimum Gasteiger partial charge on any atom is -0.382 e. The van der Waals surface area contributed by atoms with Crippen molar-refractivity contribution in [3.63, 3.8) is 0 Å². The summed E-state index contributed by atoms with van der Waals surface area (Å²) < 4.78 is 0. The fourth-order valence-corrected chi connectivity index (χ4v) is 1.02. The molecule has 0 saturated heterocycles. The van der Waals surface area contributed by atoms with Gasteiger partial charge in [0.25, 0.3) is 0 Å². The van der Waals surface area contributed by atoms with Gasteiger partial charge in [-0.25, -0.2) is 0 Å². The van der Waals surface area contributed by atoms with E-state index >= 15 is 0 Å². The zero-order chi connectivity index (χ0) is 6.41. The molecule has 0 aliphatic heterocycles. The quantitative estimate of drug-likeness (QED) is 0.365.